The molecule has 1 aromatic rings. The van der Waals surface area contributed by atoms with E-state index in [-0.39, 0.29) is 51.4 Å². The first-order chi connectivity index (χ1) is 5.54. The van der Waals surface area contributed by atoms with Crippen molar-refractivity contribution in [3.8, 4) is 0 Å². The fraction of sp³-hybridized carbons (Fsp3) is 0. The number of carbonyl (C=O) groups is 1. The normalized spacial score (nSPS) is 7.54. The fourth-order valence-corrected chi connectivity index (χ4v) is 0.711. The number of halogens is 2. The van der Waals surface area contributed by atoms with Gasteiger partial charge in [0.15, 0.2) is 0 Å². The molecule has 0 saturated heterocycles. The van der Waals surface area contributed by atoms with Gasteiger partial charge in [-0.3, -0.25) is 0 Å². The number of carboxylic acid groups (broad SMARTS) is 2. The summed E-state index contributed by atoms with van der Waals surface area (Å²) in [6.45, 7) is 0. The van der Waals surface area contributed by atoms with E-state index in [1.807, 2.05) is 12.1 Å². The third-order valence-corrected chi connectivity index (χ3v) is 1.58. The first-order valence-electron chi connectivity index (χ1n) is 2.84. The van der Waals surface area contributed by atoms with Gasteiger partial charge in [0.1, 0.15) is 0 Å². The SMILES string of the molecule is Clc1ccccc1Cl.O=C([O-])O.[K+]. The molecule has 0 aromatic heterocycles. The van der Waals surface area contributed by atoms with Crippen LogP contribution in [0.2, 0.25) is 10.0 Å². The Balaban J connectivity index is 0. The van der Waals surface area contributed by atoms with Gasteiger partial charge in [0.25, 0.3) is 0 Å². The van der Waals surface area contributed by atoms with Crippen molar-refractivity contribution in [1.29, 1.82) is 0 Å². The van der Waals surface area contributed by atoms with E-state index in [1.54, 1.807) is 12.1 Å². The molecule has 0 atom stereocenters. The molecule has 0 saturated carbocycles. The number of hydrogen-bond acceptors (Lipinski definition) is 2. The average molecular weight is 247 g/mol. The maximum Gasteiger partial charge on any atom is 1.00 e. The Morgan fingerprint density at radius 3 is 1.62 bits per heavy atom. The monoisotopic (exact) mass is 246 g/mol. The van der Waals surface area contributed by atoms with E-state index in [0.29, 0.717) is 10.0 Å². The largest absolute Gasteiger partial charge is 1.00 e. The maximum atomic E-state index is 8.44. The van der Waals surface area contributed by atoms with Crippen molar-refractivity contribution in [3.05, 3.63) is 34.3 Å². The van der Waals surface area contributed by atoms with Crippen LogP contribution in [0.3, 0.4) is 0 Å². The average Bonchev–Trinajstić information content (AvgIpc) is 1.94. The fourth-order valence-electron chi connectivity index (χ4n) is 0.439. The molecule has 0 aliphatic rings. The number of rotatable bonds is 0. The van der Waals surface area contributed by atoms with Crippen LogP contribution in [-0.2, 0) is 0 Å². The van der Waals surface area contributed by atoms with Crippen LogP contribution in [0, 0.1) is 0 Å². The molecule has 0 unspecified atom stereocenters. The van der Waals surface area contributed by atoms with E-state index in [2.05, 4.69) is 0 Å². The molecular formula is C7H5Cl2KO3. The second-order valence-corrected chi connectivity index (χ2v) is 2.49. The second kappa shape index (κ2) is 9.27. The molecule has 0 aliphatic heterocycles. The molecule has 3 nitrogen and oxygen atoms in total. The summed E-state index contributed by atoms with van der Waals surface area (Å²) in [6, 6.07) is 7.19. The first kappa shape index (κ1) is 16.1. The molecule has 1 rings (SSSR count). The Morgan fingerprint density at radius 1 is 1.23 bits per heavy atom. The molecule has 66 valence electrons. The first-order valence-corrected chi connectivity index (χ1v) is 3.59. The van der Waals surface area contributed by atoms with Gasteiger partial charge >= 0.3 is 51.4 Å². The summed E-state index contributed by atoms with van der Waals surface area (Å²) in [4.78, 5) is 8.44. The van der Waals surface area contributed by atoms with Gasteiger partial charge in [-0.1, -0.05) is 35.3 Å². The standard InChI is InChI=1S/C6H4Cl2.CH2O3.K/c7-5-3-1-2-4-6(5)8;2-1(3)4;/h1-4H;(H2,2,3,4);/q;;+1/p-1. The molecule has 0 fully saturated rings. The Labute approximate surface area is 128 Å². The van der Waals surface area contributed by atoms with Crippen molar-refractivity contribution < 1.29 is 66.4 Å². The molecule has 1 aromatic carbocycles. The number of hydrogen-bond donors (Lipinski definition) is 1. The van der Waals surface area contributed by atoms with E-state index in [9.17, 15) is 0 Å². The minimum absolute atomic E-state index is 0. The molecule has 0 radical (unpaired) electrons. The third kappa shape index (κ3) is 10.6. The summed E-state index contributed by atoms with van der Waals surface area (Å²) < 4.78 is 0. The maximum absolute atomic E-state index is 8.44. The van der Waals surface area contributed by atoms with Crippen molar-refractivity contribution in [2.75, 3.05) is 0 Å². The van der Waals surface area contributed by atoms with Gasteiger partial charge in [-0.25, -0.2) is 0 Å². The van der Waals surface area contributed by atoms with Gasteiger partial charge in [0.05, 0.1) is 10.0 Å². The molecule has 6 heteroatoms. The van der Waals surface area contributed by atoms with Crippen LogP contribution in [0.25, 0.3) is 0 Å². The Kier molecular flexibility index (Phi) is 11.5. The van der Waals surface area contributed by atoms with Crippen LogP contribution in [0.1, 0.15) is 0 Å². The van der Waals surface area contributed by atoms with Gasteiger partial charge in [0.2, 0.25) is 6.16 Å². The van der Waals surface area contributed by atoms with Crippen molar-refractivity contribution >= 4 is 29.4 Å². The van der Waals surface area contributed by atoms with Crippen LogP contribution in [0.4, 0.5) is 4.79 Å². The minimum Gasteiger partial charge on any atom is -0.565 e. The van der Waals surface area contributed by atoms with Crippen LogP contribution in [0.15, 0.2) is 24.3 Å². The molecule has 0 heterocycles. The molecule has 13 heavy (non-hydrogen) atoms. The van der Waals surface area contributed by atoms with Crippen molar-refractivity contribution in [2.45, 2.75) is 0 Å². The second-order valence-electron chi connectivity index (χ2n) is 1.68. The van der Waals surface area contributed by atoms with Crippen LogP contribution >= 0.6 is 23.2 Å². The summed E-state index contributed by atoms with van der Waals surface area (Å²) >= 11 is 11.2. The Morgan fingerprint density at radius 2 is 1.46 bits per heavy atom. The van der Waals surface area contributed by atoms with Gasteiger partial charge < -0.3 is 15.0 Å². The van der Waals surface area contributed by atoms with E-state index < -0.39 is 6.16 Å². The molecule has 0 spiro atoms. The molecule has 0 aliphatic carbocycles. The molecule has 1 N–H and O–H groups in total. The summed E-state index contributed by atoms with van der Waals surface area (Å²) in [5, 5.41) is 16.5. The summed E-state index contributed by atoms with van der Waals surface area (Å²) in [7, 11) is 0. The van der Waals surface area contributed by atoms with Gasteiger partial charge in [-0.15, -0.1) is 0 Å². The topological polar surface area (TPSA) is 60.4 Å². The smallest absolute Gasteiger partial charge is 0.565 e. The predicted octanol–water partition coefficient (Wildman–Crippen LogP) is -1.11. The zero-order valence-corrected chi connectivity index (χ0v) is 11.5. The van der Waals surface area contributed by atoms with E-state index >= 15 is 0 Å². The van der Waals surface area contributed by atoms with E-state index in [0.717, 1.165) is 0 Å². The van der Waals surface area contributed by atoms with Gasteiger partial charge in [-0.05, 0) is 12.1 Å². The minimum atomic E-state index is -2.08. The zero-order chi connectivity index (χ0) is 9.56. The summed E-state index contributed by atoms with van der Waals surface area (Å²) in [5.41, 5.74) is 0. The predicted molar refractivity (Wildman–Crippen MR) is 44.5 cm³/mol. The van der Waals surface area contributed by atoms with Crippen molar-refractivity contribution in [2.24, 2.45) is 0 Å². The van der Waals surface area contributed by atoms with Crippen LogP contribution in [-0.4, -0.2) is 11.3 Å². The van der Waals surface area contributed by atoms with E-state index in [4.69, 9.17) is 38.2 Å². The van der Waals surface area contributed by atoms with Crippen LogP contribution < -0.4 is 56.5 Å². The molecular weight excluding hydrogens is 242 g/mol. The molecule has 0 bridgehead atoms. The summed E-state index contributed by atoms with van der Waals surface area (Å²) in [6.07, 6.45) is -2.08. The summed E-state index contributed by atoms with van der Waals surface area (Å²) in [5.74, 6) is 0. The van der Waals surface area contributed by atoms with Crippen LogP contribution in [0.5, 0.6) is 0 Å². The van der Waals surface area contributed by atoms with E-state index in [1.165, 1.54) is 0 Å². The Hall–Kier alpha value is 0.706. The quantitative estimate of drug-likeness (QED) is 0.591. The molecule has 0 amide bonds. The van der Waals surface area contributed by atoms with Crippen molar-refractivity contribution in [1.82, 2.24) is 0 Å². The van der Waals surface area contributed by atoms with Crippen molar-refractivity contribution in [3.63, 3.8) is 0 Å². The Bertz CT molecular complexity index is 243. The zero-order valence-electron chi connectivity index (χ0n) is 6.83. The number of benzene rings is 1. The van der Waals surface area contributed by atoms with Gasteiger partial charge in [-0.2, -0.15) is 0 Å². The third-order valence-electron chi connectivity index (χ3n) is 0.824. The van der Waals surface area contributed by atoms with Gasteiger partial charge in [0, 0.05) is 0 Å².